The molecule has 1 heterocycles. The lowest BCUT2D eigenvalue weighted by Crippen LogP contribution is -2.33. The second-order valence-corrected chi connectivity index (χ2v) is 4.49. The Morgan fingerprint density at radius 2 is 1.93 bits per heavy atom. The number of aliphatic hydroxyl groups is 1. The number of hydrogen-bond acceptors (Lipinski definition) is 3. The van der Waals surface area contributed by atoms with Crippen LogP contribution in [0.4, 0.5) is 0 Å². The molecule has 0 bridgehead atoms. The van der Waals surface area contributed by atoms with Gasteiger partial charge >= 0.3 is 0 Å². The summed E-state index contributed by atoms with van der Waals surface area (Å²) in [6, 6.07) is 0. The zero-order valence-corrected chi connectivity index (χ0v) is 8.74. The Labute approximate surface area is 85.8 Å². The summed E-state index contributed by atoms with van der Waals surface area (Å²) in [5.74, 6) is 0. The van der Waals surface area contributed by atoms with Gasteiger partial charge in [0.2, 0.25) is 0 Å². The molecule has 2 fully saturated rings. The smallest absolute Gasteiger partial charge is 0.0838 e. The van der Waals surface area contributed by atoms with Gasteiger partial charge in [-0.05, 0) is 25.8 Å². The van der Waals surface area contributed by atoms with Crippen LogP contribution in [0.25, 0.3) is 0 Å². The van der Waals surface area contributed by atoms with E-state index < -0.39 is 0 Å². The predicted molar refractivity (Wildman–Crippen MR) is 55.2 cm³/mol. The molecule has 2 rings (SSSR count). The van der Waals surface area contributed by atoms with Crippen molar-refractivity contribution < 1.29 is 9.84 Å². The van der Waals surface area contributed by atoms with Gasteiger partial charge in [-0.2, -0.15) is 0 Å². The Hall–Kier alpha value is -0.120. The van der Waals surface area contributed by atoms with Crippen LogP contribution >= 0.6 is 0 Å². The molecule has 0 aromatic heterocycles. The number of hydrogen-bond donors (Lipinski definition) is 2. The van der Waals surface area contributed by atoms with Gasteiger partial charge in [0.15, 0.2) is 0 Å². The van der Waals surface area contributed by atoms with Gasteiger partial charge in [-0.1, -0.05) is 19.3 Å². The van der Waals surface area contributed by atoms with E-state index in [1.54, 1.807) is 0 Å². The molecule has 2 aliphatic rings. The van der Waals surface area contributed by atoms with Crippen molar-refractivity contribution in [2.24, 2.45) is 0 Å². The number of aliphatic hydroxyl groups excluding tert-OH is 1. The third kappa shape index (κ3) is 2.69. The summed E-state index contributed by atoms with van der Waals surface area (Å²) in [4.78, 5) is 0. The molecule has 82 valence electrons. The molecule has 3 heteroatoms. The van der Waals surface area contributed by atoms with Crippen molar-refractivity contribution in [3.05, 3.63) is 0 Å². The molecule has 0 aromatic rings. The van der Waals surface area contributed by atoms with Crippen LogP contribution in [0, 0.1) is 0 Å². The van der Waals surface area contributed by atoms with Crippen molar-refractivity contribution in [1.82, 2.24) is 5.32 Å². The zero-order valence-electron chi connectivity index (χ0n) is 8.74. The summed E-state index contributed by atoms with van der Waals surface area (Å²) < 4.78 is 5.93. The quantitative estimate of drug-likeness (QED) is 0.653. The standard InChI is InChI=1S/C11H21NO2/c13-10-4-2-1-3-5-11(10)14-9-6-7-12-8-9/h9-13H,1-8H2. The highest BCUT2D eigenvalue weighted by Crippen LogP contribution is 2.22. The van der Waals surface area contributed by atoms with Crippen LogP contribution in [-0.4, -0.2) is 36.5 Å². The molecule has 2 N–H and O–H groups in total. The van der Waals surface area contributed by atoms with Crippen molar-refractivity contribution in [3.63, 3.8) is 0 Å². The van der Waals surface area contributed by atoms with E-state index in [2.05, 4.69) is 5.32 Å². The van der Waals surface area contributed by atoms with Crippen LogP contribution in [0.3, 0.4) is 0 Å². The van der Waals surface area contributed by atoms with E-state index >= 15 is 0 Å². The Kier molecular flexibility index (Phi) is 3.79. The number of nitrogens with one attached hydrogen (secondary N) is 1. The fourth-order valence-corrected chi connectivity index (χ4v) is 2.40. The first kappa shape index (κ1) is 10.4. The molecule has 1 aliphatic heterocycles. The Morgan fingerprint density at radius 1 is 1.07 bits per heavy atom. The van der Waals surface area contributed by atoms with Gasteiger partial charge in [0.25, 0.3) is 0 Å². The van der Waals surface area contributed by atoms with Gasteiger partial charge in [-0.15, -0.1) is 0 Å². The van der Waals surface area contributed by atoms with Gasteiger partial charge in [-0.25, -0.2) is 0 Å². The van der Waals surface area contributed by atoms with Gasteiger partial charge < -0.3 is 15.2 Å². The maximum atomic E-state index is 9.86. The van der Waals surface area contributed by atoms with Crippen LogP contribution < -0.4 is 5.32 Å². The summed E-state index contributed by atoms with van der Waals surface area (Å²) in [6.45, 7) is 2.02. The van der Waals surface area contributed by atoms with E-state index in [1.807, 2.05) is 0 Å². The molecule has 3 unspecified atom stereocenters. The summed E-state index contributed by atoms with van der Waals surface area (Å²) in [5.41, 5.74) is 0. The molecular formula is C11H21NO2. The third-order valence-electron chi connectivity index (χ3n) is 3.30. The lowest BCUT2D eigenvalue weighted by molar-refractivity contribution is -0.0722. The van der Waals surface area contributed by atoms with Crippen molar-refractivity contribution in [1.29, 1.82) is 0 Å². The average molecular weight is 199 g/mol. The van der Waals surface area contributed by atoms with E-state index in [4.69, 9.17) is 4.74 Å². The van der Waals surface area contributed by atoms with Crippen LogP contribution in [0.1, 0.15) is 38.5 Å². The summed E-state index contributed by atoms with van der Waals surface area (Å²) in [7, 11) is 0. The van der Waals surface area contributed by atoms with Crippen molar-refractivity contribution in [2.75, 3.05) is 13.1 Å². The molecule has 0 radical (unpaired) electrons. The molecule has 0 amide bonds. The minimum atomic E-state index is -0.224. The number of rotatable bonds is 2. The monoisotopic (exact) mass is 199 g/mol. The van der Waals surface area contributed by atoms with Crippen LogP contribution in [0.5, 0.6) is 0 Å². The summed E-state index contributed by atoms with van der Waals surface area (Å²) >= 11 is 0. The predicted octanol–water partition coefficient (Wildman–Crippen LogP) is 1.06. The van der Waals surface area contributed by atoms with E-state index in [0.29, 0.717) is 6.10 Å². The first-order valence-electron chi connectivity index (χ1n) is 5.90. The summed E-state index contributed by atoms with van der Waals surface area (Å²) in [6.07, 6.45) is 6.89. The molecular weight excluding hydrogens is 178 g/mol. The minimum absolute atomic E-state index is 0.0994. The van der Waals surface area contributed by atoms with Gasteiger partial charge in [0, 0.05) is 6.54 Å². The summed E-state index contributed by atoms with van der Waals surface area (Å²) in [5, 5.41) is 13.1. The fraction of sp³-hybridized carbons (Fsp3) is 1.00. The molecule has 3 atom stereocenters. The van der Waals surface area contributed by atoms with Crippen LogP contribution in [0.15, 0.2) is 0 Å². The average Bonchev–Trinajstić information content (AvgIpc) is 2.60. The fourth-order valence-electron chi connectivity index (χ4n) is 2.40. The highest BCUT2D eigenvalue weighted by Gasteiger charge is 2.26. The lowest BCUT2D eigenvalue weighted by atomic mass is 10.1. The molecule has 14 heavy (non-hydrogen) atoms. The normalized spacial score (nSPS) is 39.6. The largest absolute Gasteiger partial charge is 0.390 e. The molecule has 1 saturated heterocycles. The first-order valence-corrected chi connectivity index (χ1v) is 5.90. The zero-order chi connectivity index (χ0) is 9.80. The molecule has 0 spiro atoms. The van der Waals surface area contributed by atoms with Crippen molar-refractivity contribution in [3.8, 4) is 0 Å². The Morgan fingerprint density at radius 3 is 2.71 bits per heavy atom. The SMILES string of the molecule is OC1CCCCCC1OC1CCNC1. The van der Waals surface area contributed by atoms with Crippen molar-refractivity contribution >= 4 is 0 Å². The number of ether oxygens (including phenoxy) is 1. The van der Waals surface area contributed by atoms with Gasteiger partial charge in [0.05, 0.1) is 18.3 Å². The van der Waals surface area contributed by atoms with Gasteiger partial charge in [-0.3, -0.25) is 0 Å². The van der Waals surface area contributed by atoms with E-state index in [-0.39, 0.29) is 12.2 Å². The highest BCUT2D eigenvalue weighted by molar-refractivity contribution is 4.78. The molecule has 1 saturated carbocycles. The topological polar surface area (TPSA) is 41.5 Å². The Balaban J connectivity index is 1.81. The minimum Gasteiger partial charge on any atom is -0.390 e. The molecule has 3 nitrogen and oxygen atoms in total. The second kappa shape index (κ2) is 5.10. The van der Waals surface area contributed by atoms with E-state index in [1.165, 1.54) is 12.8 Å². The lowest BCUT2D eigenvalue weighted by Gasteiger charge is -2.24. The highest BCUT2D eigenvalue weighted by atomic mass is 16.5. The maximum Gasteiger partial charge on any atom is 0.0838 e. The Bertz CT molecular complexity index is 169. The van der Waals surface area contributed by atoms with Crippen LogP contribution in [-0.2, 0) is 4.74 Å². The van der Waals surface area contributed by atoms with Crippen molar-refractivity contribution in [2.45, 2.75) is 56.8 Å². The second-order valence-electron chi connectivity index (χ2n) is 4.49. The molecule has 1 aliphatic carbocycles. The maximum absolute atomic E-state index is 9.86. The first-order chi connectivity index (χ1) is 6.86. The molecule has 0 aromatic carbocycles. The third-order valence-corrected chi connectivity index (χ3v) is 3.30. The van der Waals surface area contributed by atoms with Gasteiger partial charge in [0.1, 0.15) is 0 Å². The van der Waals surface area contributed by atoms with Crippen LogP contribution in [0.2, 0.25) is 0 Å². The van der Waals surface area contributed by atoms with E-state index in [9.17, 15) is 5.11 Å². The van der Waals surface area contributed by atoms with E-state index in [0.717, 1.165) is 38.8 Å².